The lowest BCUT2D eigenvalue weighted by Gasteiger charge is -2.37. The van der Waals surface area contributed by atoms with Crippen LogP contribution in [-0.4, -0.2) is 63.6 Å². The first kappa shape index (κ1) is 16.5. The number of carbonyl (C=O) groups excluding carboxylic acids is 2. The zero-order valence-corrected chi connectivity index (χ0v) is 14.0. The van der Waals surface area contributed by atoms with Gasteiger partial charge in [-0.25, -0.2) is 0 Å². The van der Waals surface area contributed by atoms with Gasteiger partial charge in [-0.2, -0.15) is 5.10 Å². The van der Waals surface area contributed by atoms with E-state index in [4.69, 9.17) is 0 Å². The molecule has 0 unspecified atom stereocenters. The van der Waals surface area contributed by atoms with Crippen molar-refractivity contribution in [1.29, 1.82) is 0 Å². The fourth-order valence-electron chi connectivity index (χ4n) is 2.77. The van der Waals surface area contributed by atoms with E-state index in [9.17, 15) is 9.59 Å². The Kier molecular flexibility index (Phi) is 4.85. The third-order valence-electron chi connectivity index (χ3n) is 4.44. The Hall–Kier alpha value is -1.89. The smallest absolute Gasteiger partial charge is 0.241 e. The second-order valence-corrected chi connectivity index (χ2v) is 5.88. The standard InChI is InChI=1S/C15H25N5O2/c1-10-14(11(2)18(5)17-10)16-15(22)12(3)19-6-8-20(9-7-19)13(4)21/h12H,6-9H2,1-5H3,(H,16,22)/t12-/m0/s1. The normalized spacial score (nSPS) is 17.4. The Morgan fingerprint density at radius 1 is 1.18 bits per heavy atom. The maximum Gasteiger partial charge on any atom is 0.241 e. The lowest BCUT2D eigenvalue weighted by molar-refractivity contribution is -0.131. The van der Waals surface area contributed by atoms with Gasteiger partial charge in [0, 0.05) is 40.2 Å². The van der Waals surface area contributed by atoms with Gasteiger partial charge in [0.2, 0.25) is 11.8 Å². The van der Waals surface area contributed by atoms with Crippen LogP contribution in [0.4, 0.5) is 5.69 Å². The van der Waals surface area contributed by atoms with Crippen LogP contribution < -0.4 is 5.32 Å². The molecule has 2 rings (SSSR count). The molecule has 0 aromatic carbocycles. The number of anilines is 1. The number of nitrogens with zero attached hydrogens (tertiary/aromatic N) is 4. The molecule has 1 N–H and O–H groups in total. The van der Waals surface area contributed by atoms with Gasteiger partial charge in [0.25, 0.3) is 0 Å². The van der Waals surface area contributed by atoms with Crippen LogP contribution in [-0.2, 0) is 16.6 Å². The minimum Gasteiger partial charge on any atom is -0.340 e. The molecule has 1 saturated heterocycles. The predicted octanol–water partition coefficient (Wildman–Crippen LogP) is 0.528. The van der Waals surface area contributed by atoms with Crippen LogP contribution in [0, 0.1) is 13.8 Å². The average molecular weight is 307 g/mol. The highest BCUT2D eigenvalue weighted by atomic mass is 16.2. The van der Waals surface area contributed by atoms with E-state index in [1.807, 2.05) is 32.7 Å². The van der Waals surface area contributed by atoms with Gasteiger partial charge in [0.1, 0.15) is 0 Å². The summed E-state index contributed by atoms with van der Waals surface area (Å²) in [6.45, 7) is 10.1. The van der Waals surface area contributed by atoms with Crippen LogP contribution in [0.15, 0.2) is 0 Å². The van der Waals surface area contributed by atoms with Crippen LogP contribution in [0.3, 0.4) is 0 Å². The van der Waals surface area contributed by atoms with Crippen LogP contribution >= 0.6 is 0 Å². The van der Waals surface area contributed by atoms with Gasteiger partial charge in [0.15, 0.2) is 0 Å². The summed E-state index contributed by atoms with van der Waals surface area (Å²) < 4.78 is 1.77. The number of piperazine rings is 1. The van der Waals surface area contributed by atoms with Crippen LogP contribution in [0.1, 0.15) is 25.2 Å². The molecule has 1 atom stereocenters. The molecule has 7 nitrogen and oxygen atoms in total. The van der Waals surface area contributed by atoms with Crippen LogP contribution in [0.5, 0.6) is 0 Å². The first-order valence-corrected chi connectivity index (χ1v) is 7.62. The minimum atomic E-state index is -0.229. The monoisotopic (exact) mass is 307 g/mol. The number of aromatic nitrogens is 2. The summed E-state index contributed by atoms with van der Waals surface area (Å²) in [6, 6.07) is -0.229. The molecule has 0 bridgehead atoms. The highest BCUT2D eigenvalue weighted by Crippen LogP contribution is 2.19. The number of hydrogen-bond donors (Lipinski definition) is 1. The summed E-state index contributed by atoms with van der Waals surface area (Å²) in [7, 11) is 1.86. The highest BCUT2D eigenvalue weighted by Gasteiger charge is 2.27. The number of nitrogens with one attached hydrogen (secondary N) is 1. The third-order valence-corrected chi connectivity index (χ3v) is 4.44. The second-order valence-electron chi connectivity index (χ2n) is 5.88. The van der Waals surface area contributed by atoms with Gasteiger partial charge in [-0.3, -0.25) is 19.2 Å². The van der Waals surface area contributed by atoms with Crippen LogP contribution in [0.2, 0.25) is 0 Å². The van der Waals surface area contributed by atoms with Crippen molar-refractivity contribution in [1.82, 2.24) is 19.6 Å². The molecule has 0 aliphatic carbocycles. The Balaban J connectivity index is 1.97. The number of hydrogen-bond acceptors (Lipinski definition) is 4. The number of amides is 2. The first-order valence-electron chi connectivity index (χ1n) is 7.62. The molecule has 2 amide bonds. The summed E-state index contributed by atoms with van der Waals surface area (Å²) >= 11 is 0. The lowest BCUT2D eigenvalue weighted by atomic mass is 10.2. The summed E-state index contributed by atoms with van der Waals surface area (Å²) in [4.78, 5) is 27.7. The van der Waals surface area contributed by atoms with Crippen molar-refractivity contribution >= 4 is 17.5 Å². The summed E-state index contributed by atoms with van der Waals surface area (Å²) in [5.74, 6) is 0.0637. The summed E-state index contributed by atoms with van der Waals surface area (Å²) in [5, 5.41) is 7.29. The van der Waals surface area contributed by atoms with E-state index in [-0.39, 0.29) is 17.9 Å². The number of aryl methyl sites for hydroxylation is 2. The van der Waals surface area contributed by atoms with E-state index in [1.54, 1.807) is 11.6 Å². The van der Waals surface area contributed by atoms with Gasteiger partial charge in [0.05, 0.1) is 23.1 Å². The van der Waals surface area contributed by atoms with E-state index in [1.165, 1.54) is 0 Å². The van der Waals surface area contributed by atoms with Crippen molar-refractivity contribution in [3.63, 3.8) is 0 Å². The molecule has 7 heteroatoms. The topological polar surface area (TPSA) is 70.5 Å². The highest BCUT2D eigenvalue weighted by molar-refractivity contribution is 5.95. The van der Waals surface area contributed by atoms with E-state index in [0.29, 0.717) is 13.1 Å². The van der Waals surface area contributed by atoms with E-state index in [2.05, 4.69) is 15.3 Å². The average Bonchev–Trinajstić information content (AvgIpc) is 2.73. The fraction of sp³-hybridized carbons (Fsp3) is 0.667. The fourth-order valence-corrected chi connectivity index (χ4v) is 2.77. The maximum atomic E-state index is 12.5. The molecule has 0 spiro atoms. The molecule has 0 radical (unpaired) electrons. The minimum absolute atomic E-state index is 0.0320. The van der Waals surface area contributed by atoms with Gasteiger partial charge in [-0.15, -0.1) is 0 Å². The molecule has 2 heterocycles. The van der Waals surface area contributed by atoms with Crippen LogP contribution in [0.25, 0.3) is 0 Å². The second kappa shape index (κ2) is 6.48. The van der Waals surface area contributed by atoms with Gasteiger partial charge < -0.3 is 10.2 Å². The summed E-state index contributed by atoms with van der Waals surface area (Å²) in [5.41, 5.74) is 2.56. The molecule has 122 valence electrons. The Bertz CT molecular complexity index is 573. The van der Waals surface area contributed by atoms with Crippen molar-refractivity contribution in [3.8, 4) is 0 Å². The quantitative estimate of drug-likeness (QED) is 0.884. The Morgan fingerprint density at radius 3 is 2.23 bits per heavy atom. The molecular weight excluding hydrogens is 282 g/mol. The number of rotatable bonds is 3. The Morgan fingerprint density at radius 2 is 1.77 bits per heavy atom. The molecule has 1 aromatic heterocycles. The van der Waals surface area contributed by atoms with Crippen molar-refractivity contribution in [2.24, 2.45) is 7.05 Å². The molecule has 22 heavy (non-hydrogen) atoms. The van der Waals surface area contributed by atoms with Crippen molar-refractivity contribution in [2.75, 3.05) is 31.5 Å². The lowest BCUT2D eigenvalue weighted by Crippen LogP contribution is -2.53. The third kappa shape index (κ3) is 3.30. The summed E-state index contributed by atoms with van der Waals surface area (Å²) in [6.07, 6.45) is 0. The van der Waals surface area contributed by atoms with Crippen molar-refractivity contribution in [3.05, 3.63) is 11.4 Å². The zero-order valence-electron chi connectivity index (χ0n) is 14.0. The first-order chi connectivity index (χ1) is 10.3. The van der Waals surface area contributed by atoms with E-state index >= 15 is 0 Å². The van der Waals surface area contributed by atoms with Gasteiger partial charge in [-0.05, 0) is 20.8 Å². The van der Waals surface area contributed by atoms with E-state index < -0.39 is 0 Å². The molecule has 1 aliphatic rings. The molecular formula is C15H25N5O2. The van der Waals surface area contributed by atoms with Gasteiger partial charge >= 0.3 is 0 Å². The predicted molar refractivity (Wildman–Crippen MR) is 84.6 cm³/mol. The molecule has 1 fully saturated rings. The maximum absolute atomic E-state index is 12.5. The number of carbonyl (C=O) groups is 2. The van der Waals surface area contributed by atoms with Crippen molar-refractivity contribution < 1.29 is 9.59 Å². The van der Waals surface area contributed by atoms with E-state index in [0.717, 1.165) is 30.2 Å². The molecule has 1 aliphatic heterocycles. The Labute approximate surface area is 131 Å². The zero-order chi connectivity index (χ0) is 16.4. The van der Waals surface area contributed by atoms with Gasteiger partial charge in [-0.1, -0.05) is 0 Å². The molecule has 1 aromatic rings. The molecule has 0 saturated carbocycles. The largest absolute Gasteiger partial charge is 0.340 e. The van der Waals surface area contributed by atoms with Crippen molar-refractivity contribution in [2.45, 2.75) is 33.7 Å². The SMILES string of the molecule is CC(=O)N1CCN([C@@H](C)C(=O)Nc2c(C)nn(C)c2C)CC1.